The number of rotatable bonds is 8. The van der Waals surface area contributed by atoms with E-state index >= 15 is 0 Å². The largest absolute Gasteiger partial charge is 0.313 e. The minimum absolute atomic E-state index is 0.764. The molecule has 0 saturated carbocycles. The summed E-state index contributed by atoms with van der Waals surface area (Å²) < 4.78 is 0. The number of hydrogen-bond acceptors (Lipinski definition) is 2. The highest BCUT2D eigenvalue weighted by molar-refractivity contribution is 4.77. The first kappa shape index (κ1) is 14.0. The van der Waals surface area contributed by atoms with Gasteiger partial charge in [-0.05, 0) is 45.3 Å². The Morgan fingerprint density at radius 2 is 2.00 bits per heavy atom. The molecule has 1 fully saturated rings. The van der Waals surface area contributed by atoms with Gasteiger partial charge in [-0.1, -0.05) is 33.1 Å². The monoisotopic (exact) mass is 226 g/mol. The molecule has 1 N–H and O–H groups in total. The van der Waals surface area contributed by atoms with Crippen molar-refractivity contribution in [1.29, 1.82) is 0 Å². The van der Waals surface area contributed by atoms with Gasteiger partial charge >= 0.3 is 0 Å². The summed E-state index contributed by atoms with van der Waals surface area (Å²) in [6, 6.07) is 0.764. The van der Waals surface area contributed by atoms with Crippen LogP contribution in [-0.2, 0) is 0 Å². The molecule has 0 aromatic carbocycles. The van der Waals surface area contributed by atoms with Crippen molar-refractivity contribution >= 4 is 0 Å². The van der Waals surface area contributed by atoms with Crippen LogP contribution in [0.4, 0.5) is 0 Å². The summed E-state index contributed by atoms with van der Waals surface area (Å²) in [5.41, 5.74) is 0. The van der Waals surface area contributed by atoms with Gasteiger partial charge in [-0.2, -0.15) is 0 Å². The van der Waals surface area contributed by atoms with Crippen LogP contribution in [0.5, 0.6) is 0 Å². The molecule has 2 nitrogen and oxygen atoms in total. The predicted octanol–water partition coefficient (Wildman–Crippen LogP) is 3.03. The maximum Gasteiger partial charge on any atom is 0.0195 e. The standard InChI is InChI=1S/C14H30N2/c1-3-5-6-7-11-16-12-8-9-14(13-16)15-10-4-2/h14-15H,3-13H2,1-2H3. The number of nitrogens with one attached hydrogen (secondary N) is 1. The van der Waals surface area contributed by atoms with Gasteiger partial charge in [0.2, 0.25) is 0 Å². The van der Waals surface area contributed by atoms with E-state index in [4.69, 9.17) is 0 Å². The van der Waals surface area contributed by atoms with E-state index in [1.165, 1.54) is 71.1 Å². The Morgan fingerprint density at radius 1 is 1.12 bits per heavy atom. The fourth-order valence-corrected chi connectivity index (χ4v) is 2.54. The third-order valence-corrected chi connectivity index (χ3v) is 3.52. The maximum atomic E-state index is 3.66. The molecule has 1 aliphatic heterocycles. The van der Waals surface area contributed by atoms with Gasteiger partial charge in [0, 0.05) is 12.6 Å². The highest BCUT2D eigenvalue weighted by Crippen LogP contribution is 2.11. The molecule has 0 aromatic heterocycles. The fourth-order valence-electron chi connectivity index (χ4n) is 2.54. The molecule has 0 aliphatic carbocycles. The Hall–Kier alpha value is -0.0800. The first-order valence-corrected chi connectivity index (χ1v) is 7.32. The van der Waals surface area contributed by atoms with Crippen LogP contribution in [-0.4, -0.2) is 37.1 Å². The van der Waals surface area contributed by atoms with Crippen LogP contribution >= 0.6 is 0 Å². The molecule has 16 heavy (non-hydrogen) atoms. The van der Waals surface area contributed by atoms with Crippen LogP contribution in [0, 0.1) is 0 Å². The van der Waals surface area contributed by atoms with Crippen molar-refractivity contribution in [2.45, 2.75) is 64.8 Å². The average Bonchev–Trinajstić information content (AvgIpc) is 2.33. The average molecular weight is 226 g/mol. The quantitative estimate of drug-likeness (QED) is 0.640. The topological polar surface area (TPSA) is 15.3 Å². The first-order valence-electron chi connectivity index (χ1n) is 7.32. The number of unbranched alkanes of at least 4 members (excludes halogenated alkanes) is 3. The summed E-state index contributed by atoms with van der Waals surface area (Å²) in [6.07, 6.45) is 9.59. The maximum absolute atomic E-state index is 3.66. The minimum atomic E-state index is 0.764. The van der Waals surface area contributed by atoms with E-state index in [1.54, 1.807) is 0 Å². The van der Waals surface area contributed by atoms with Gasteiger partial charge in [0.15, 0.2) is 0 Å². The Kier molecular flexibility index (Phi) is 7.87. The van der Waals surface area contributed by atoms with Gasteiger partial charge < -0.3 is 10.2 Å². The molecule has 1 rings (SSSR count). The van der Waals surface area contributed by atoms with Crippen LogP contribution in [0.2, 0.25) is 0 Å². The van der Waals surface area contributed by atoms with Crippen LogP contribution in [0.1, 0.15) is 58.8 Å². The highest BCUT2D eigenvalue weighted by atomic mass is 15.2. The number of nitrogens with zero attached hydrogens (tertiary/aromatic N) is 1. The lowest BCUT2D eigenvalue weighted by Crippen LogP contribution is -2.46. The molecule has 96 valence electrons. The second-order valence-electron chi connectivity index (χ2n) is 5.15. The molecule has 0 bridgehead atoms. The lowest BCUT2D eigenvalue weighted by atomic mass is 10.0. The van der Waals surface area contributed by atoms with E-state index in [1.807, 2.05) is 0 Å². The minimum Gasteiger partial charge on any atom is -0.313 e. The zero-order chi connectivity index (χ0) is 11.6. The fraction of sp³-hybridized carbons (Fsp3) is 1.00. The predicted molar refractivity (Wildman–Crippen MR) is 71.9 cm³/mol. The van der Waals surface area contributed by atoms with Crippen molar-refractivity contribution in [1.82, 2.24) is 10.2 Å². The van der Waals surface area contributed by atoms with E-state index in [-0.39, 0.29) is 0 Å². The molecule has 1 unspecified atom stereocenters. The van der Waals surface area contributed by atoms with Gasteiger partial charge in [0.25, 0.3) is 0 Å². The molecule has 2 heteroatoms. The number of likely N-dealkylation sites (tertiary alicyclic amines) is 1. The number of hydrogen-bond donors (Lipinski definition) is 1. The van der Waals surface area contributed by atoms with Gasteiger partial charge in [-0.15, -0.1) is 0 Å². The van der Waals surface area contributed by atoms with Crippen molar-refractivity contribution in [3.05, 3.63) is 0 Å². The molecule has 1 heterocycles. The van der Waals surface area contributed by atoms with Crippen molar-refractivity contribution < 1.29 is 0 Å². The molecule has 1 atom stereocenters. The van der Waals surface area contributed by atoms with E-state index < -0.39 is 0 Å². The number of piperidine rings is 1. The Morgan fingerprint density at radius 3 is 2.75 bits per heavy atom. The van der Waals surface area contributed by atoms with Gasteiger partial charge in [-0.3, -0.25) is 0 Å². The van der Waals surface area contributed by atoms with Crippen molar-refractivity contribution in [3.8, 4) is 0 Å². The van der Waals surface area contributed by atoms with Gasteiger partial charge in [0.05, 0.1) is 0 Å². The lowest BCUT2D eigenvalue weighted by molar-refractivity contribution is 0.187. The summed E-state index contributed by atoms with van der Waals surface area (Å²) in [4.78, 5) is 2.66. The van der Waals surface area contributed by atoms with Crippen molar-refractivity contribution in [2.75, 3.05) is 26.2 Å². The summed E-state index contributed by atoms with van der Waals surface area (Å²) in [7, 11) is 0. The van der Waals surface area contributed by atoms with E-state index in [2.05, 4.69) is 24.1 Å². The molecular weight excluding hydrogens is 196 g/mol. The molecule has 0 amide bonds. The summed E-state index contributed by atoms with van der Waals surface area (Å²) in [5.74, 6) is 0. The zero-order valence-corrected chi connectivity index (χ0v) is 11.3. The van der Waals surface area contributed by atoms with Crippen LogP contribution in [0.25, 0.3) is 0 Å². The zero-order valence-electron chi connectivity index (χ0n) is 11.3. The second-order valence-corrected chi connectivity index (χ2v) is 5.15. The molecule has 1 saturated heterocycles. The molecule has 1 aliphatic rings. The smallest absolute Gasteiger partial charge is 0.0195 e. The Labute approximate surface area is 102 Å². The normalized spacial score (nSPS) is 22.5. The lowest BCUT2D eigenvalue weighted by Gasteiger charge is -2.33. The van der Waals surface area contributed by atoms with E-state index in [0.717, 1.165) is 6.04 Å². The van der Waals surface area contributed by atoms with Crippen molar-refractivity contribution in [2.24, 2.45) is 0 Å². The Bertz CT molecular complexity index is 159. The second kappa shape index (κ2) is 9.00. The van der Waals surface area contributed by atoms with E-state index in [0.29, 0.717) is 0 Å². The Balaban J connectivity index is 2.07. The summed E-state index contributed by atoms with van der Waals surface area (Å²) in [5, 5.41) is 3.66. The van der Waals surface area contributed by atoms with Crippen LogP contribution in [0.3, 0.4) is 0 Å². The van der Waals surface area contributed by atoms with Crippen LogP contribution < -0.4 is 5.32 Å². The highest BCUT2D eigenvalue weighted by Gasteiger charge is 2.18. The molecule has 0 radical (unpaired) electrons. The third-order valence-electron chi connectivity index (χ3n) is 3.52. The van der Waals surface area contributed by atoms with Crippen LogP contribution in [0.15, 0.2) is 0 Å². The summed E-state index contributed by atoms with van der Waals surface area (Å²) in [6.45, 7) is 9.66. The molecule has 0 spiro atoms. The summed E-state index contributed by atoms with van der Waals surface area (Å²) >= 11 is 0. The third kappa shape index (κ3) is 5.86. The van der Waals surface area contributed by atoms with Gasteiger partial charge in [0.1, 0.15) is 0 Å². The molecule has 0 aromatic rings. The van der Waals surface area contributed by atoms with Crippen molar-refractivity contribution in [3.63, 3.8) is 0 Å². The SMILES string of the molecule is CCCCCCN1CCCC(NCCC)C1. The first-order chi connectivity index (χ1) is 7.86. The van der Waals surface area contributed by atoms with Gasteiger partial charge in [-0.25, -0.2) is 0 Å². The molecular formula is C14H30N2. The van der Waals surface area contributed by atoms with E-state index in [9.17, 15) is 0 Å².